The molecule has 1 fully saturated rings. The number of likely N-dealkylation sites (tertiary alicyclic amines) is 1. The Morgan fingerprint density at radius 3 is 2.29 bits per heavy atom. The first-order chi connectivity index (χ1) is 9.84. The molecule has 0 saturated carbocycles. The van der Waals surface area contributed by atoms with Crippen LogP contribution < -0.4 is 10.5 Å². The Bertz CT molecular complexity index is 630. The van der Waals surface area contributed by atoms with Crippen LogP contribution in [0, 0.1) is 0 Å². The summed E-state index contributed by atoms with van der Waals surface area (Å²) in [5, 5.41) is 7.67. The Balaban J connectivity index is 1.89. The molecular formula is C13H17N3O4S. The van der Waals surface area contributed by atoms with Crippen LogP contribution in [0.1, 0.15) is 12.8 Å². The lowest BCUT2D eigenvalue weighted by molar-refractivity contribution is -0.124. The molecule has 1 heterocycles. The first-order valence-electron chi connectivity index (χ1n) is 6.51. The molecule has 1 saturated heterocycles. The van der Waals surface area contributed by atoms with E-state index in [9.17, 15) is 18.0 Å². The van der Waals surface area contributed by atoms with Gasteiger partial charge in [-0.1, -0.05) is 0 Å². The molecule has 7 nitrogen and oxygen atoms in total. The SMILES string of the molecule is NS(=O)(=O)c1ccc(NC(=O)CN2CCC(=O)CC2)cc1. The van der Waals surface area contributed by atoms with E-state index >= 15 is 0 Å². The molecule has 0 unspecified atom stereocenters. The summed E-state index contributed by atoms with van der Waals surface area (Å²) in [5.74, 6) is 0.0259. The number of rotatable bonds is 4. The van der Waals surface area contributed by atoms with E-state index in [1.165, 1.54) is 24.3 Å². The third-order valence-corrected chi connectivity index (χ3v) is 4.18. The highest BCUT2D eigenvalue weighted by molar-refractivity contribution is 7.89. The zero-order valence-electron chi connectivity index (χ0n) is 11.4. The number of anilines is 1. The van der Waals surface area contributed by atoms with Crippen LogP contribution in [0.3, 0.4) is 0 Å². The van der Waals surface area contributed by atoms with Gasteiger partial charge in [-0.3, -0.25) is 14.5 Å². The second kappa shape index (κ2) is 6.33. The molecular weight excluding hydrogens is 294 g/mol. The topological polar surface area (TPSA) is 110 Å². The van der Waals surface area contributed by atoms with Gasteiger partial charge in [0.1, 0.15) is 5.78 Å². The highest BCUT2D eigenvalue weighted by atomic mass is 32.2. The number of amides is 1. The molecule has 0 radical (unpaired) electrons. The molecule has 0 aliphatic carbocycles. The van der Waals surface area contributed by atoms with Gasteiger partial charge in [-0.05, 0) is 24.3 Å². The van der Waals surface area contributed by atoms with Gasteiger partial charge in [0.25, 0.3) is 0 Å². The number of carbonyl (C=O) groups is 2. The number of Topliss-reactive ketones (excluding diaryl/α,β-unsaturated/α-hetero) is 1. The number of primary sulfonamides is 1. The molecule has 21 heavy (non-hydrogen) atoms. The molecule has 1 aliphatic heterocycles. The van der Waals surface area contributed by atoms with Gasteiger partial charge in [-0.25, -0.2) is 13.6 Å². The van der Waals surface area contributed by atoms with Crippen molar-refractivity contribution in [3.05, 3.63) is 24.3 Å². The Morgan fingerprint density at radius 2 is 1.76 bits per heavy atom. The number of ketones is 1. The maximum Gasteiger partial charge on any atom is 0.238 e. The number of benzene rings is 1. The summed E-state index contributed by atoms with van der Waals surface area (Å²) >= 11 is 0. The quantitative estimate of drug-likeness (QED) is 0.809. The third-order valence-electron chi connectivity index (χ3n) is 3.25. The molecule has 2 rings (SSSR count). The fourth-order valence-electron chi connectivity index (χ4n) is 2.09. The fraction of sp³-hybridized carbons (Fsp3) is 0.385. The van der Waals surface area contributed by atoms with Crippen molar-refractivity contribution in [1.29, 1.82) is 0 Å². The number of hydrogen-bond donors (Lipinski definition) is 2. The van der Waals surface area contributed by atoms with Crippen molar-refractivity contribution in [2.24, 2.45) is 5.14 Å². The fourth-order valence-corrected chi connectivity index (χ4v) is 2.61. The highest BCUT2D eigenvalue weighted by Gasteiger charge is 2.18. The smallest absolute Gasteiger partial charge is 0.238 e. The molecule has 1 amide bonds. The molecule has 1 aromatic carbocycles. The van der Waals surface area contributed by atoms with Crippen LogP contribution in [0.15, 0.2) is 29.2 Å². The van der Waals surface area contributed by atoms with Gasteiger partial charge in [-0.15, -0.1) is 0 Å². The minimum Gasteiger partial charge on any atom is -0.325 e. The molecule has 0 atom stereocenters. The second-order valence-electron chi connectivity index (χ2n) is 4.93. The van der Waals surface area contributed by atoms with E-state index in [0.717, 1.165) is 0 Å². The summed E-state index contributed by atoms with van der Waals surface area (Å²) in [7, 11) is -3.73. The predicted octanol–water partition coefficient (Wildman–Crippen LogP) is -0.0626. The molecule has 0 bridgehead atoms. The van der Waals surface area contributed by atoms with Gasteiger partial charge in [-0.2, -0.15) is 0 Å². The maximum absolute atomic E-state index is 11.9. The van der Waals surface area contributed by atoms with Gasteiger partial charge in [0, 0.05) is 31.6 Å². The standard InChI is InChI=1S/C13H17N3O4S/c14-21(19,20)12-3-1-10(2-4-12)15-13(18)9-16-7-5-11(17)6-8-16/h1-4H,5-9H2,(H,15,18)(H2,14,19,20). The number of piperidine rings is 1. The van der Waals surface area contributed by atoms with Gasteiger partial charge in [0.15, 0.2) is 0 Å². The predicted molar refractivity (Wildman–Crippen MR) is 77.1 cm³/mol. The van der Waals surface area contributed by atoms with Gasteiger partial charge < -0.3 is 5.32 Å². The van der Waals surface area contributed by atoms with Crippen LogP contribution in [0.4, 0.5) is 5.69 Å². The summed E-state index contributed by atoms with van der Waals surface area (Å²) in [4.78, 5) is 24.9. The first kappa shape index (κ1) is 15.6. The number of sulfonamides is 1. The number of nitrogens with one attached hydrogen (secondary N) is 1. The number of nitrogens with two attached hydrogens (primary N) is 1. The Hall–Kier alpha value is -1.77. The Kier molecular flexibility index (Phi) is 4.71. The van der Waals surface area contributed by atoms with Crippen molar-refractivity contribution < 1.29 is 18.0 Å². The van der Waals surface area contributed by atoms with E-state index in [4.69, 9.17) is 5.14 Å². The van der Waals surface area contributed by atoms with Crippen LogP contribution in [0.5, 0.6) is 0 Å². The lowest BCUT2D eigenvalue weighted by Crippen LogP contribution is -2.39. The average Bonchev–Trinajstić information content (AvgIpc) is 2.41. The van der Waals surface area contributed by atoms with Crippen molar-refractivity contribution in [2.75, 3.05) is 25.0 Å². The summed E-state index contributed by atoms with van der Waals surface area (Å²) < 4.78 is 22.2. The van der Waals surface area contributed by atoms with Crippen molar-refractivity contribution in [2.45, 2.75) is 17.7 Å². The molecule has 114 valence electrons. The number of carbonyl (C=O) groups excluding carboxylic acids is 2. The minimum absolute atomic E-state index is 0.00459. The van der Waals surface area contributed by atoms with E-state index in [2.05, 4.69) is 5.32 Å². The van der Waals surface area contributed by atoms with E-state index in [1.54, 1.807) is 0 Å². The van der Waals surface area contributed by atoms with Crippen LogP contribution in [0.2, 0.25) is 0 Å². The molecule has 0 aromatic heterocycles. The van der Waals surface area contributed by atoms with Crippen LogP contribution in [0.25, 0.3) is 0 Å². The monoisotopic (exact) mass is 311 g/mol. The largest absolute Gasteiger partial charge is 0.325 e. The van der Waals surface area contributed by atoms with Gasteiger partial charge in [0.05, 0.1) is 11.4 Å². The van der Waals surface area contributed by atoms with Crippen molar-refractivity contribution in [1.82, 2.24) is 4.90 Å². The minimum atomic E-state index is -3.73. The van der Waals surface area contributed by atoms with E-state index in [-0.39, 0.29) is 23.1 Å². The summed E-state index contributed by atoms with van der Waals surface area (Å²) in [5.41, 5.74) is 0.500. The molecule has 1 aromatic rings. The molecule has 1 aliphatic rings. The highest BCUT2D eigenvalue weighted by Crippen LogP contribution is 2.13. The van der Waals surface area contributed by atoms with Crippen molar-refractivity contribution in [3.8, 4) is 0 Å². The van der Waals surface area contributed by atoms with Gasteiger partial charge in [0.2, 0.25) is 15.9 Å². The van der Waals surface area contributed by atoms with Crippen molar-refractivity contribution >= 4 is 27.4 Å². The first-order valence-corrected chi connectivity index (χ1v) is 8.06. The maximum atomic E-state index is 11.9. The van der Waals surface area contributed by atoms with Gasteiger partial charge >= 0.3 is 0 Å². The third kappa shape index (κ3) is 4.62. The van der Waals surface area contributed by atoms with Crippen LogP contribution >= 0.6 is 0 Å². The summed E-state index contributed by atoms with van der Waals surface area (Å²) in [6.07, 6.45) is 0.965. The Labute approximate surface area is 123 Å². The summed E-state index contributed by atoms with van der Waals surface area (Å²) in [6.45, 7) is 1.40. The van der Waals surface area contributed by atoms with E-state index < -0.39 is 10.0 Å². The van der Waals surface area contributed by atoms with Crippen molar-refractivity contribution in [3.63, 3.8) is 0 Å². The van der Waals surface area contributed by atoms with Crippen LogP contribution in [-0.2, 0) is 19.6 Å². The lowest BCUT2D eigenvalue weighted by Gasteiger charge is -2.24. The number of nitrogens with zero attached hydrogens (tertiary/aromatic N) is 1. The zero-order valence-corrected chi connectivity index (χ0v) is 12.2. The van der Waals surface area contributed by atoms with E-state index in [0.29, 0.717) is 31.6 Å². The second-order valence-corrected chi connectivity index (χ2v) is 6.49. The number of hydrogen-bond acceptors (Lipinski definition) is 5. The average molecular weight is 311 g/mol. The van der Waals surface area contributed by atoms with Crippen LogP contribution in [-0.4, -0.2) is 44.6 Å². The zero-order chi connectivity index (χ0) is 15.5. The molecule has 0 spiro atoms. The lowest BCUT2D eigenvalue weighted by atomic mass is 10.1. The Morgan fingerprint density at radius 1 is 1.19 bits per heavy atom. The summed E-state index contributed by atoms with van der Waals surface area (Å²) in [6, 6.07) is 5.64. The van der Waals surface area contributed by atoms with E-state index in [1.807, 2.05) is 4.90 Å². The molecule has 3 N–H and O–H groups in total. The normalized spacial score (nSPS) is 16.7. The molecule has 8 heteroatoms.